The maximum atomic E-state index is 2.44. The number of aryl methyl sites for hydroxylation is 2. The van der Waals surface area contributed by atoms with Gasteiger partial charge in [0.2, 0.25) is 16.9 Å². The van der Waals surface area contributed by atoms with Crippen molar-refractivity contribution in [3.05, 3.63) is 70.2 Å². The van der Waals surface area contributed by atoms with E-state index in [1.807, 2.05) is 11.3 Å². The second-order valence-electron chi connectivity index (χ2n) is 5.70. The molecule has 0 radical (unpaired) electrons. The first kappa shape index (κ1) is 18.7. The smallest absolute Gasteiger partial charge is 0.231 e. The Hall–Kier alpha value is -1.64. The Morgan fingerprint density at radius 1 is 0.833 bits per heavy atom. The topological polar surface area (TPSA) is 3.88 Å². The number of para-hydroxylation sites is 1. The third kappa shape index (κ3) is 3.40. The van der Waals surface area contributed by atoms with E-state index >= 15 is 0 Å². The van der Waals surface area contributed by atoms with Gasteiger partial charge < -0.3 is 12.4 Å². The van der Waals surface area contributed by atoms with Gasteiger partial charge in [0.15, 0.2) is 0 Å². The second-order valence-corrected chi connectivity index (χ2v) is 6.64. The summed E-state index contributed by atoms with van der Waals surface area (Å²) < 4.78 is 2.44. The first-order valence-corrected chi connectivity index (χ1v) is 9.36. The fourth-order valence-electron chi connectivity index (χ4n) is 3.24. The van der Waals surface area contributed by atoms with E-state index in [-0.39, 0.29) is 12.4 Å². The highest BCUT2D eigenvalue weighted by Crippen LogP contribution is 2.28. The molecule has 0 amide bonds. The number of rotatable bonds is 5. The van der Waals surface area contributed by atoms with Crippen LogP contribution in [0.1, 0.15) is 36.9 Å². The van der Waals surface area contributed by atoms with E-state index in [0.717, 1.165) is 19.3 Å². The average molecular weight is 358 g/mol. The first-order valence-electron chi connectivity index (χ1n) is 8.48. The Kier molecular flexibility index (Phi) is 6.59. The maximum Gasteiger partial charge on any atom is 0.231 e. The Labute approximate surface area is 155 Å². The molecule has 3 heteroatoms. The van der Waals surface area contributed by atoms with Gasteiger partial charge in [-0.1, -0.05) is 74.6 Å². The molecule has 0 unspecified atom stereocenters. The molecule has 0 atom stereocenters. The summed E-state index contributed by atoms with van der Waals surface area (Å²) in [4.78, 5) is 1.50. The molecule has 0 aliphatic heterocycles. The van der Waals surface area contributed by atoms with Crippen molar-refractivity contribution in [1.82, 2.24) is 0 Å². The van der Waals surface area contributed by atoms with Crippen LogP contribution < -0.4 is 17.0 Å². The minimum Gasteiger partial charge on any atom is -1.00 e. The Balaban J connectivity index is 0.00000208. The zero-order valence-electron chi connectivity index (χ0n) is 14.6. The number of thiazole rings is 1. The predicted octanol–water partition coefficient (Wildman–Crippen LogP) is 2.38. The lowest BCUT2D eigenvalue weighted by atomic mass is 9.98. The van der Waals surface area contributed by atoms with Gasteiger partial charge in [-0.2, -0.15) is 4.57 Å². The summed E-state index contributed by atoms with van der Waals surface area (Å²) in [5.41, 5.74) is 9.12. The van der Waals surface area contributed by atoms with E-state index < -0.39 is 0 Å². The van der Waals surface area contributed by atoms with Crippen LogP contribution in [0.2, 0.25) is 0 Å². The van der Waals surface area contributed by atoms with Crippen LogP contribution in [0.15, 0.2) is 54.0 Å². The number of hydrogen-bond donors (Lipinski definition) is 0. The molecule has 0 saturated heterocycles. The summed E-state index contributed by atoms with van der Waals surface area (Å²) in [6, 6.07) is 17.4. The van der Waals surface area contributed by atoms with Crippen LogP contribution in [0.5, 0.6) is 0 Å². The zero-order chi connectivity index (χ0) is 16.2. The van der Waals surface area contributed by atoms with Crippen molar-refractivity contribution in [3.8, 4) is 16.8 Å². The summed E-state index contributed by atoms with van der Waals surface area (Å²) in [5.74, 6) is 0. The fraction of sp³-hybridized carbons (Fsp3) is 0.286. The summed E-state index contributed by atoms with van der Waals surface area (Å²) in [6.07, 6.45) is 3.22. The summed E-state index contributed by atoms with van der Waals surface area (Å²) in [7, 11) is 0. The molecular weight excluding hydrogens is 334 g/mol. The largest absolute Gasteiger partial charge is 1.00 e. The van der Waals surface area contributed by atoms with Gasteiger partial charge in [-0.15, -0.1) is 0 Å². The SMILES string of the molecule is CCc1cccc(-c2ccccc2)c1-[n+]1csc(CC)c1CC.[Cl-]. The van der Waals surface area contributed by atoms with Gasteiger partial charge in [0.05, 0.1) is 10.4 Å². The number of nitrogens with zero attached hydrogens (tertiary/aromatic N) is 1. The Bertz CT molecular complexity index is 793. The van der Waals surface area contributed by atoms with E-state index in [2.05, 4.69) is 79.4 Å². The molecule has 126 valence electrons. The molecule has 0 fully saturated rings. The molecule has 3 rings (SSSR count). The van der Waals surface area contributed by atoms with Gasteiger partial charge in [-0.05, 0) is 24.5 Å². The normalized spacial score (nSPS) is 10.5. The number of aromatic nitrogens is 1. The molecular formula is C21H24ClNS. The summed E-state index contributed by atoms with van der Waals surface area (Å²) in [5, 5.41) is 0. The van der Waals surface area contributed by atoms with Crippen molar-refractivity contribution >= 4 is 11.3 Å². The Morgan fingerprint density at radius 3 is 2.21 bits per heavy atom. The highest BCUT2D eigenvalue weighted by molar-refractivity contribution is 7.09. The van der Waals surface area contributed by atoms with E-state index in [9.17, 15) is 0 Å². The number of hydrogen-bond acceptors (Lipinski definition) is 1. The first-order chi connectivity index (χ1) is 11.3. The molecule has 0 bridgehead atoms. The zero-order valence-corrected chi connectivity index (χ0v) is 16.1. The van der Waals surface area contributed by atoms with Gasteiger partial charge in [-0.25, -0.2) is 0 Å². The van der Waals surface area contributed by atoms with Crippen molar-refractivity contribution in [3.63, 3.8) is 0 Å². The molecule has 1 heterocycles. The van der Waals surface area contributed by atoms with E-state index in [1.54, 1.807) is 0 Å². The van der Waals surface area contributed by atoms with Crippen LogP contribution >= 0.6 is 11.3 Å². The highest BCUT2D eigenvalue weighted by Gasteiger charge is 2.25. The van der Waals surface area contributed by atoms with Gasteiger partial charge >= 0.3 is 0 Å². The lowest BCUT2D eigenvalue weighted by Gasteiger charge is -2.10. The molecule has 0 spiro atoms. The number of halogens is 1. The molecule has 3 aromatic rings. The van der Waals surface area contributed by atoms with Crippen LogP contribution in [0.4, 0.5) is 0 Å². The lowest BCUT2D eigenvalue weighted by Crippen LogP contribution is -3.00. The molecule has 0 N–H and O–H groups in total. The maximum absolute atomic E-state index is 2.44. The average Bonchev–Trinajstić information content (AvgIpc) is 3.04. The molecule has 24 heavy (non-hydrogen) atoms. The molecule has 1 aromatic heterocycles. The summed E-state index contributed by atoms with van der Waals surface area (Å²) >= 11 is 1.88. The third-order valence-electron chi connectivity index (χ3n) is 4.40. The van der Waals surface area contributed by atoms with Crippen LogP contribution in [0, 0.1) is 0 Å². The molecule has 0 saturated carbocycles. The minimum absolute atomic E-state index is 0. The number of benzene rings is 2. The molecule has 0 aliphatic rings. The van der Waals surface area contributed by atoms with Gasteiger partial charge in [-0.3, -0.25) is 0 Å². The molecule has 0 aliphatic carbocycles. The minimum atomic E-state index is 0. The predicted molar refractivity (Wildman–Crippen MR) is 99.4 cm³/mol. The quantitative estimate of drug-likeness (QED) is 0.617. The van der Waals surface area contributed by atoms with Crippen molar-refractivity contribution in [2.75, 3.05) is 0 Å². The van der Waals surface area contributed by atoms with E-state index in [1.165, 1.54) is 32.9 Å². The standard InChI is InChI=1S/C21H24NS.ClH/c1-4-16-13-10-14-18(17-11-8-7-9-12-17)21(16)22-15-23-20(6-3)19(22)5-2;/h7-15H,4-6H2,1-3H3;1H/q+1;/p-1. The van der Waals surface area contributed by atoms with Crippen molar-refractivity contribution in [1.29, 1.82) is 0 Å². The van der Waals surface area contributed by atoms with Gasteiger partial charge in [0.25, 0.3) is 0 Å². The van der Waals surface area contributed by atoms with Crippen molar-refractivity contribution in [2.45, 2.75) is 40.0 Å². The fourth-order valence-corrected chi connectivity index (χ4v) is 4.25. The van der Waals surface area contributed by atoms with E-state index in [4.69, 9.17) is 0 Å². The van der Waals surface area contributed by atoms with Crippen LogP contribution in [0.25, 0.3) is 16.8 Å². The summed E-state index contributed by atoms with van der Waals surface area (Å²) in [6.45, 7) is 6.75. The highest BCUT2D eigenvalue weighted by atomic mass is 35.5. The van der Waals surface area contributed by atoms with Crippen molar-refractivity contribution < 1.29 is 17.0 Å². The van der Waals surface area contributed by atoms with E-state index in [0.29, 0.717) is 0 Å². The molecule has 1 nitrogen and oxygen atoms in total. The third-order valence-corrected chi connectivity index (χ3v) is 5.52. The Morgan fingerprint density at radius 2 is 1.58 bits per heavy atom. The second kappa shape index (κ2) is 8.46. The van der Waals surface area contributed by atoms with Crippen molar-refractivity contribution in [2.24, 2.45) is 0 Å². The van der Waals surface area contributed by atoms with Crippen LogP contribution in [0.3, 0.4) is 0 Å². The van der Waals surface area contributed by atoms with Gasteiger partial charge in [0, 0.05) is 12.0 Å². The van der Waals surface area contributed by atoms with Crippen LogP contribution in [-0.2, 0) is 19.3 Å². The van der Waals surface area contributed by atoms with Gasteiger partial charge in [0.1, 0.15) is 0 Å². The molecule has 2 aromatic carbocycles. The monoisotopic (exact) mass is 357 g/mol. The lowest BCUT2D eigenvalue weighted by molar-refractivity contribution is -0.598. The van der Waals surface area contributed by atoms with Crippen LogP contribution in [-0.4, -0.2) is 0 Å².